The molecule has 0 N–H and O–H groups in total. The Balaban J connectivity index is 2.37. The maximum absolute atomic E-state index is 6.28. The number of para-hydroxylation sites is 1. The van der Waals surface area contributed by atoms with Gasteiger partial charge in [0.1, 0.15) is 11.3 Å². The predicted molar refractivity (Wildman–Crippen MR) is 92.9 cm³/mol. The van der Waals surface area contributed by atoms with Gasteiger partial charge in [0.15, 0.2) is 0 Å². The van der Waals surface area contributed by atoms with Crippen LogP contribution in [0.25, 0.3) is 16.7 Å². The van der Waals surface area contributed by atoms with Gasteiger partial charge in [-0.15, -0.1) is 11.6 Å². The lowest BCUT2D eigenvalue weighted by atomic mass is 10.2. The van der Waals surface area contributed by atoms with Crippen LogP contribution < -0.4 is 0 Å². The molecule has 3 aromatic rings. The van der Waals surface area contributed by atoms with Crippen molar-refractivity contribution in [1.82, 2.24) is 9.55 Å². The van der Waals surface area contributed by atoms with E-state index in [2.05, 4.69) is 38.5 Å². The third-order valence-electron chi connectivity index (χ3n) is 3.50. The van der Waals surface area contributed by atoms with Crippen molar-refractivity contribution in [1.29, 1.82) is 0 Å². The standard InChI is InChI=1S/C16H13BrCl2N2/c1-10-11(17)4-2-6-13(10)21-14-7-3-5-12(19)16(14)20-15(21)8-9-18/h2-7H,8-9H2,1H3. The summed E-state index contributed by atoms with van der Waals surface area (Å²) < 4.78 is 3.21. The highest BCUT2D eigenvalue weighted by Gasteiger charge is 2.16. The molecule has 1 heterocycles. The average Bonchev–Trinajstić information content (AvgIpc) is 2.82. The smallest absolute Gasteiger partial charge is 0.115 e. The molecule has 0 saturated carbocycles. The molecule has 2 aromatic carbocycles. The number of rotatable bonds is 3. The van der Waals surface area contributed by atoms with Crippen LogP contribution in [0.3, 0.4) is 0 Å². The second kappa shape index (κ2) is 5.99. The van der Waals surface area contributed by atoms with Crippen molar-refractivity contribution < 1.29 is 0 Å². The summed E-state index contributed by atoms with van der Waals surface area (Å²) in [7, 11) is 0. The number of hydrogen-bond acceptors (Lipinski definition) is 1. The predicted octanol–water partition coefficient (Wildman–Crippen LogP) is 5.53. The van der Waals surface area contributed by atoms with Gasteiger partial charge in [-0.3, -0.25) is 4.57 Å². The van der Waals surface area contributed by atoms with Gasteiger partial charge in [-0.2, -0.15) is 0 Å². The molecule has 0 radical (unpaired) electrons. The lowest BCUT2D eigenvalue weighted by Crippen LogP contribution is -2.04. The molecular formula is C16H13BrCl2N2. The highest BCUT2D eigenvalue weighted by molar-refractivity contribution is 9.10. The van der Waals surface area contributed by atoms with Gasteiger partial charge in [0, 0.05) is 16.8 Å². The summed E-state index contributed by atoms with van der Waals surface area (Å²) in [4.78, 5) is 4.68. The Kier molecular flexibility index (Phi) is 4.25. The Labute approximate surface area is 141 Å². The first-order valence-electron chi connectivity index (χ1n) is 6.60. The summed E-state index contributed by atoms with van der Waals surface area (Å²) in [6.07, 6.45) is 0.693. The van der Waals surface area contributed by atoms with Crippen LogP contribution in [0.2, 0.25) is 5.02 Å². The van der Waals surface area contributed by atoms with E-state index in [1.54, 1.807) is 0 Å². The van der Waals surface area contributed by atoms with Crippen molar-refractivity contribution in [2.75, 3.05) is 5.88 Å². The van der Waals surface area contributed by atoms with Crippen LogP contribution in [0.4, 0.5) is 0 Å². The fourth-order valence-electron chi connectivity index (χ4n) is 2.47. The zero-order chi connectivity index (χ0) is 15.0. The van der Waals surface area contributed by atoms with E-state index in [1.165, 1.54) is 0 Å². The van der Waals surface area contributed by atoms with Crippen LogP contribution in [0.1, 0.15) is 11.4 Å². The van der Waals surface area contributed by atoms with Crippen LogP contribution in [0, 0.1) is 6.92 Å². The minimum absolute atomic E-state index is 0.522. The lowest BCUT2D eigenvalue weighted by Gasteiger charge is -2.13. The zero-order valence-corrected chi connectivity index (χ0v) is 14.5. The number of halogens is 3. The first kappa shape index (κ1) is 14.9. The fourth-order valence-corrected chi connectivity index (χ4v) is 3.21. The van der Waals surface area contributed by atoms with E-state index >= 15 is 0 Å². The molecule has 0 bridgehead atoms. The number of imidazole rings is 1. The highest BCUT2D eigenvalue weighted by atomic mass is 79.9. The molecule has 108 valence electrons. The van der Waals surface area contributed by atoms with E-state index < -0.39 is 0 Å². The summed E-state index contributed by atoms with van der Waals surface area (Å²) in [5, 5.41) is 0.662. The van der Waals surface area contributed by atoms with Gasteiger partial charge in [0.2, 0.25) is 0 Å². The van der Waals surface area contributed by atoms with Crippen LogP contribution in [-0.2, 0) is 6.42 Å². The molecule has 0 aliphatic rings. The topological polar surface area (TPSA) is 17.8 Å². The van der Waals surface area contributed by atoms with Gasteiger partial charge in [-0.25, -0.2) is 4.98 Å². The maximum Gasteiger partial charge on any atom is 0.115 e. The SMILES string of the molecule is Cc1c(Br)cccc1-n1c(CCCl)nc2c(Cl)cccc21. The van der Waals surface area contributed by atoms with Crippen LogP contribution in [0.15, 0.2) is 40.9 Å². The van der Waals surface area contributed by atoms with E-state index in [-0.39, 0.29) is 0 Å². The Morgan fingerprint density at radius 2 is 1.95 bits per heavy atom. The molecule has 21 heavy (non-hydrogen) atoms. The molecule has 0 aliphatic carbocycles. The van der Waals surface area contributed by atoms with Gasteiger partial charge in [-0.1, -0.05) is 39.7 Å². The van der Waals surface area contributed by atoms with E-state index in [4.69, 9.17) is 23.2 Å². The minimum atomic E-state index is 0.522. The number of fused-ring (bicyclic) bond motifs is 1. The first-order valence-corrected chi connectivity index (χ1v) is 8.31. The summed E-state index contributed by atoms with van der Waals surface area (Å²) in [6.45, 7) is 2.08. The number of alkyl halides is 1. The molecule has 0 spiro atoms. The summed E-state index contributed by atoms with van der Waals surface area (Å²) in [5.74, 6) is 1.45. The average molecular weight is 384 g/mol. The van der Waals surface area contributed by atoms with Crippen molar-refractivity contribution >= 4 is 50.2 Å². The first-order chi connectivity index (χ1) is 10.1. The maximum atomic E-state index is 6.28. The summed E-state index contributed by atoms with van der Waals surface area (Å²) >= 11 is 15.8. The fraction of sp³-hybridized carbons (Fsp3) is 0.188. The van der Waals surface area contributed by atoms with E-state index in [0.717, 1.165) is 32.6 Å². The largest absolute Gasteiger partial charge is 0.296 e. The van der Waals surface area contributed by atoms with Crippen molar-refractivity contribution in [3.63, 3.8) is 0 Å². The highest BCUT2D eigenvalue weighted by Crippen LogP contribution is 2.30. The van der Waals surface area contributed by atoms with E-state index in [9.17, 15) is 0 Å². The monoisotopic (exact) mass is 382 g/mol. The number of aromatic nitrogens is 2. The minimum Gasteiger partial charge on any atom is -0.296 e. The summed E-state index contributed by atoms with van der Waals surface area (Å²) in [6, 6.07) is 12.0. The molecule has 1 aromatic heterocycles. The number of nitrogens with zero attached hydrogens (tertiary/aromatic N) is 2. The Morgan fingerprint density at radius 1 is 1.19 bits per heavy atom. The molecule has 3 rings (SSSR count). The van der Waals surface area contributed by atoms with Crippen LogP contribution in [0.5, 0.6) is 0 Å². The number of aryl methyl sites for hydroxylation is 1. The van der Waals surface area contributed by atoms with Gasteiger partial charge in [0.05, 0.1) is 16.2 Å². The van der Waals surface area contributed by atoms with Crippen LogP contribution in [-0.4, -0.2) is 15.4 Å². The normalized spacial score (nSPS) is 11.2. The van der Waals surface area contributed by atoms with E-state index in [1.807, 2.05) is 30.3 Å². The van der Waals surface area contributed by atoms with E-state index in [0.29, 0.717) is 17.3 Å². The Morgan fingerprint density at radius 3 is 2.71 bits per heavy atom. The third-order valence-corrected chi connectivity index (χ3v) is 4.86. The quantitative estimate of drug-likeness (QED) is 0.543. The molecule has 0 amide bonds. The third kappa shape index (κ3) is 2.59. The Bertz CT molecular complexity index is 811. The number of benzene rings is 2. The molecule has 0 atom stereocenters. The molecule has 0 unspecified atom stereocenters. The Hall–Kier alpha value is -1.03. The molecule has 0 aliphatic heterocycles. The van der Waals surface area contributed by atoms with Crippen molar-refractivity contribution in [3.05, 3.63) is 57.3 Å². The van der Waals surface area contributed by atoms with Gasteiger partial charge < -0.3 is 0 Å². The molecule has 0 fully saturated rings. The molecule has 0 saturated heterocycles. The van der Waals surface area contributed by atoms with Gasteiger partial charge in [0.25, 0.3) is 0 Å². The zero-order valence-electron chi connectivity index (χ0n) is 11.4. The second-order valence-electron chi connectivity index (χ2n) is 4.79. The van der Waals surface area contributed by atoms with Crippen molar-refractivity contribution in [2.24, 2.45) is 0 Å². The van der Waals surface area contributed by atoms with Gasteiger partial charge >= 0.3 is 0 Å². The lowest BCUT2D eigenvalue weighted by molar-refractivity contribution is 0.906. The van der Waals surface area contributed by atoms with Crippen LogP contribution >= 0.6 is 39.1 Å². The second-order valence-corrected chi connectivity index (χ2v) is 6.43. The van der Waals surface area contributed by atoms with Crippen molar-refractivity contribution in [2.45, 2.75) is 13.3 Å². The molecule has 5 heteroatoms. The molecule has 2 nitrogen and oxygen atoms in total. The van der Waals surface area contributed by atoms with Gasteiger partial charge in [-0.05, 0) is 36.8 Å². The van der Waals surface area contributed by atoms with Crippen molar-refractivity contribution in [3.8, 4) is 5.69 Å². The summed E-state index contributed by atoms with van der Waals surface area (Å²) in [5.41, 5.74) is 4.07. The molecular weight excluding hydrogens is 371 g/mol. The number of hydrogen-bond donors (Lipinski definition) is 0.